The normalized spacial score (nSPS) is 27.7. The summed E-state index contributed by atoms with van der Waals surface area (Å²) >= 11 is 0. The van der Waals surface area contributed by atoms with Crippen LogP contribution < -0.4 is 0 Å². The lowest BCUT2D eigenvalue weighted by Gasteiger charge is -2.31. The summed E-state index contributed by atoms with van der Waals surface area (Å²) in [6.45, 7) is 12.3. The first kappa shape index (κ1) is 15.4. The zero-order valence-electron chi connectivity index (χ0n) is 12.3. The van der Waals surface area contributed by atoms with Crippen molar-refractivity contribution in [2.24, 2.45) is 17.3 Å². The van der Waals surface area contributed by atoms with Gasteiger partial charge in [-0.2, -0.15) is 0 Å². The second-order valence-electron chi connectivity index (χ2n) is 6.06. The predicted molar refractivity (Wildman–Crippen MR) is 69.1 cm³/mol. The third-order valence-electron chi connectivity index (χ3n) is 4.02. The van der Waals surface area contributed by atoms with Crippen LogP contribution in [0.1, 0.15) is 41.5 Å². The van der Waals surface area contributed by atoms with Crippen molar-refractivity contribution in [1.82, 2.24) is 0 Å². The molecule has 3 atom stereocenters. The van der Waals surface area contributed by atoms with Gasteiger partial charge in [0.1, 0.15) is 0 Å². The highest BCUT2D eigenvalue weighted by Crippen LogP contribution is 2.61. The van der Waals surface area contributed by atoms with Gasteiger partial charge in [0, 0.05) is 12.5 Å². The second-order valence-corrected chi connectivity index (χ2v) is 6.06. The van der Waals surface area contributed by atoms with Gasteiger partial charge in [-0.05, 0) is 33.1 Å². The zero-order valence-corrected chi connectivity index (χ0v) is 12.3. The quantitative estimate of drug-likeness (QED) is 0.740. The minimum atomic E-state index is -0.665. The molecule has 0 amide bonds. The van der Waals surface area contributed by atoms with Crippen molar-refractivity contribution in [3.8, 4) is 0 Å². The van der Waals surface area contributed by atoms with Gasteiger partial charge in [-0.3, -0.25) is 4.79 Å². The van der Waals surface area contributed by atoms with Crippen LogP contribution >= 0.6 is 0 Å². The van der Waals surface area contributed by atoms with Crippen molar-refractivity contribution in [3.63, 3.8) is 0 Å². The second kappa shape index (κ2) is 5.17. The number of aliphatic hydroxyl groups excluding tert-OH is 1. The van der Waals surface area contributed by atoms with Gasteiger partial charge in [0.25, 0.3) is 0 Å². The number of ether oxygens (including phenoxy) is 2. The zero-order chi connectivity index (χ0) is 14.1. The van der Waals surface area contributed by atoms with Crippen LogP contribution in [-0.4, -0.2) is 36.0 Å². The summed E-state index contributed by atoms with van der Waals surface area (Å²) in [5.41, 5.74) is -0.863. The van der Waals surface area contributed by atoms with Crippen molar-refractivity contribution in [2.45, 2.75) is 53.2 Å². The van der Waals surface area contributed by atoms with Crippen molar-refractivity contribution in [2.75, 3.05) is 13.2 Å². The van der Waals surface area contributed by atoms with Crippen LogP contribution in [0.5, 0.6) is 0 Å². The van der Waals surface area contributed by atoms with E-state index in [0.29, 0.717) is 13.2 Å². The van der Waals surface area contributed by atoms with E-state index in [4.69, 9.17) is 9.47 Å². The summed E-state index contributed by atoms with van der Waals surface area (Å²) in [4.78, 5) is 11.8. The Kier molecular flexibility index (Phi) is 4.44. The van der Waals surface area contributed by atoms with Crippen molar-refractivity contribution >= 4 is 5.97 Å². The fourth-order valence-electron chi connectivity index (χ4n) is 2.84. The molecule has 1 rings (SSSR count). The summed E-state index contributed by atoms with van der Waals surface area (Å²) < 4.78 is 10.6. The van der Waals surface area contributed by atoms with Gasteiger partial charge in [-0.1, -0.05) is 13.8 Å². The number of rotatable bonds is 6. The Morgan fingerprint density at radius 1 is 1.33 bits per heavy atom. The lowest BCUT2D eigenvalue weighted by Crippen LogP contribution is -2.42. The summed E-state index contributed by atoms with van der Waals surface area (Å²) in [6.07, 6.45) is -0.665. The summed E-state index contributed by atoms with van der Waals surface area (Å²) in [5.74, 6) is -0.538. The molecule has 4 heteroatoms. The van der Waals surface area contributed by atoms with E-state index in [-0.39, 0.29) is 23.2 Å². The maximum absolute atomic E-state index is 11.8. The molecule has 4 nitrogen and oxygen atoms in total. The number of hydrogen-bond acceptors (Lipinski definition) is 4. The van der Waals surface area contributed by atoms with Crippen LogP contribution in [0.15, 0.2) is 0 Å². The van der Waals surface area contributed by atoms with Gasteiger partial charge in [-0.15, -0.1) is 0 Å². The van der Waals surface area contributed by atoms with Gasteiger partial charge in [0.15, 0.2) is 0 Å². The number of carbonyl (C=O) groups is 1. The van der Waals surface area contributed by atoms with E-state index in [1.54, 1.807) is 6.92 Å². The molecule has 1 saturated carbocycles. The van der Waals surface area contributed by atoms with Crippen LogP contribution in [0.3, 0.4) is 0 Å². The van der Waals surface area contributed by atoms with Crippen LogP contribution in [0.25, 0.3) is 0 Å². The minimum Gasteiger partial charge on any atom is -0.466 e. The van der Waals surface area contributed by atoms with E-state index in [2.05, 4.69) is 0 Å². The van der Waals surface area contributed by atoms with Crippen LogP contribution in [-0.2, 0) is 14.3 Å². The lowest BCUT2D eigenvalue weighted by atomic mass is 9.93. The first-order chi connectivity index (χ1) is 8.20. The molecule has 0 aliphatic heterocycles. The molecule has 106 valence electrons. The number of carbonyl (C=O) groups excluding carboxylic acids is 1. The largest absolute Gasteiger partial charge is 0.466 e. The van der Waals surface area contributed by atoms with E-state index in [1.807, 2.05) is 34.6 Å². The lowest BCUT2D eigenvalue weighted by molar-refractivity contribution is -0.147. The average Bonchev–Trinajstić information content (AvgIpc) is 2.80. The smallest absolute Gasteiger partial charge is 0.309 e. The van der Waals surface area contributed by atoms with E-state index in [9.17, 15) is 9.90 Å². The van der Waals surface area contributed by atoms with Gasteiger partial charge in [-0.25, -0.2) is 0 Å². The first-order valence-electron chi connectivity index (χ1n) is 6.68. The SMILES string of the molecule is CCOC(=O)C1C(C(O)C(C)(C)OCC)C1(C)C. The molecular formula is C14H26O4. The molecule has 1 aliphatic carbocycles. The van der Waals surface area contributed by atoms with Crippen molar-refractivity contribution in [1.29, 1.82) is 0 Å². The van der Waals surface area contributed by atoms with E-state index >= 15 is 0 Å². The standard InChI is InChI=1S/C14H26O4/c1-7-17-12(16)10-9(13(10,3)4)11(15)14(5,6)18-8-2/h9-11,15H,7-8H2,1-6H3. The third-order valence-corrected chi connectivity index (χ3v) is 4.02. The number of esters is 1. The molecule has 0 bridgehead atoms. The highest BCUT2D eigenvalue weighted by atomic mass is 16.5. The van der Waals surface area contributed by atoms with Crippen molar-refractivity contribution < 1.29 is 19.4 Å². The fourth-order valence-corrected chi connectivity index (χ4v) is 2.84. The highest BCUT2D eigenvalue weighted by molar-refractivity contribution is 5.77. The van der Waals surface area contributed by atoms with Crippen LogP contribution in [0.4, 0.5) is 0 Å². The number of aliphatic hydroxyl groups is 1. The van der Waals surface area contributed by atoms with Gasteiger partial charge in [0.05, 0.1) is 24.2 Å². The topological polar surface area (TPSA) is 55.8 Å². The third kappa shape index (κ3) is 2.69. The molecule has 3 unspecified atom stereocenters. The molecule has 0 aromatic carbocycles. The van der Waals surface area contributed by atoms with Gasteiger partial charge in [0.2, 0.25) is 0 Å². The molecule has 0 heterocycles. The molecule has 1 aliphatic rings. The molecule has 0 radical (unpaired) electrons. The fraction of sp³-hybridized carbons (Fsp3) is 0.929. The average molecular weight is 258 g/mol. The Morgan fingerprint density at radius 3 is 2.33 bits per heavy atom. The van der Waals surface area contributed by atoms with Crippen LogP contribution in [0.2, 0.25) is 0 Å². The molecule has 18 heavy (non-hydrogen) atoms. The maximum atomic E-state index is 11.8. The first-order valence-corrected chi connectivity index (χ1v) is 6.68. The Balaban J connectivity index is 2.76. The number of hydrogen-bond donors (Lipinski definition) is 1. The maximum Gasteiger partial charge on any atom is 0.309 e. The van der Waals surface area contributed by atoms with Crippen LogP contribution in [0, 0.1) is 17.3 Å². The highest BCUT2D eigenvalue weighted by Gasteiger charge is 2.67. The molecule has 1 fully saturated rings. The van der Waals surface area contributed by atoms with Gasteiger partial charge >= 0.3 is 5.97 Å². The molecule has 0 saturated heterocycles. The summed E-state index contributed by atoms with van der Waals surface area (Å²) in [7, 11) is 0. The Morgan fingerprint density at radius 2 is 1.89 bits per heavy atom. The molecule has 0 spiro atoms. The molecule has 0 aromatic heterocycles. The van der Waals surface area contributed by atoms with E-state index in [1.165, 1.54) is 0 Å². The molecule has 1 N–H and O–H groups in total. The minimum absolute atomic E-state index is 0.0990. The monoisotopic (exact) mass is 258 g/mol. The molecule has 0 aromatic rings. The van der Waals surface area contributed by atoms with E-state index < -0.39 is 11.7 Å². The van der Waals surface area contributed by atoms with E-state index in [0.717, 1.165) is 0 Å². The van der Waals surface area contributed by atoms with Crippen molar-refractivity contribution in [3.05, 3.63) is 0 Å². The summed E-state index contributed by atoms with van der Waals surface area (Å²) in [5, 5.41) is 10.4. The molecular weight excluding hydrogens is 232 g/mol. The Labute approximate surface area is 110 Å². The Bertz CT molecular complexity index is 309. The Hall–Kier alpha value is -0.610. The van der Waals surface area contributed by atoms with Gasteiger partial charge < -0.3 is 14.6 Å². The predicted octanol–water partition coefficient (Wildman–Crippen LogP) is 2.00. The summed E-state index contributed by atoms with van der Waals surface area (Å²) in [6, 6.07) is 0.